The Hall–Kier alpha value is -3.07. The van der Waals surface area contributed by atoms with Crippen LogP contribution in [0.5, 0.6) is 11.8 Å². The summed E-state index contributed by atoms with van der Waals surface area (Å²) < 4.78 is 37.3. The standard InChI is InChI=1S/C33H41F2N5O2/c34-24-17-33(13-7-15-40(33)20-24)21-42-32-37-30-27-18-36-29(28(30)35)26-16-25(41)12-11-23(26)10-5-3-1-2-4-8-22-9-6-14-39(19-22)31(27)38-32/h11-12,16,18,22,24,41H,1-10,13-15,17,19-21H2. The molecule has 5 aliphatic heterocycles. The predicted molar refractivity (Wildman–Crippen MR) is 159 cm³/mol. The first-order chi connectivity index (χ1) is 20.5. The smallest absolute Gasteiger partial charge is 0.319 e. The fraction of sp³-hybridized carbons (Fsp3) is 0.606. The fourth-order valence-corrected chi connectivity index (χ4v) is 7.94. The summed E-state index contributed by atoms with van der Waals surface area (Å²) in [7, 11) is 0. The molecule has 3 saturated heterocycles. The lowest BCUT2D eigenvalue weighted by Gasteiger charge is -2.34. The zero-order valence-corrected chi connectivity index (χ0v) is 24.3. The number of hydrogen-bond donors (Lipinski definition) is 1. The molecule has 9 heteroatoms. The first-order valence-electron chi connectivity index (χ1n) is 15.9. The molecule has 0 aliphatic carbocycles. The Morgan fingerprint density at radius 3 is 2.79 bits per heavy atom. The molecule has 3 unspecified atom stereocenters. The number of pyridine rings is 1. The van der Waals surface area contributed by atoms with Gasteiger partial charge in [0.15, 0.2) is 5.82 Å². The van der Waals surface area contributed by atoms with Crippen molar-refractivity contribution >= 4 is 16.7 Å². The van der Waals surface area contributed by atoms with Gasteiger partial charge in [-0.2, -0.15) is 9.97 Å². The molecule has 3 aromatic rings. The van der Waals surface area contributed by atoms with E-state index in [0.717, 1.165) is 63.7 Å². The van der Waals surface area contributed by atoms with Crippen molar-refractivity contribution < 1.29 is 18.6 Å². The minimum Gasteiger partial charge on any atom is -0.508 e. The molecule has 3 fully saturated rings. The van der Waals surface area contributed by atoms with E-state index in [0.29, 0.717) is 35.7 Å². The number of aryl methyl sites for hydroxylation is 1. The van der Waals surface area contributed by atoms with E-state index in [1.165, 1.54) is 32.1 Å². The highest BCUT2D eigenvalue weighted by molar-refractivity contribution is 5.92. The maximum atomic E-state index is 16.6. The van der Waals surface area contributed by atoms with Crippen LogP contribution in [-0.4, -0.2) is 69.5 Å². The molecular weight excluding hydrogens is 536 g/mol. The van der Waals surface area contributed by atoms with Gasteiger partial charge in [-0.1, -0.05) is 31.7 Å². The normalized spacial score (nSPS) is 26.9. The fourth-order valence-electron chi connectivity index (χ4n) is 7.94. The zero-order chi connectivity index (χ0) is 28.7. The second kappa shape index (κ2) is 11.5. The minimum absolute atomic E-state index is 0.0794. The number of phenolic OH excluding ortho intramolecular Hbond substituents is 1. The van der Waals surface area contributed by atoms with E-state index in [-0.39, 0.29) is 35.1 Å². The van der Waals surface area contributed by atoms with Crippen molar-refractivity contribution in [2.75, 3.05) is 37.7 Å². The largest absolute Gasteiger partial charge is 0.508 e. The summed E-state index contributed by atoms with van der Waals surface area (Å²) in [5, 5.41) is 10.9. The molecule has 8 rings (SSSR count). The Labute approximate surface area is 246 Å². The second-order valence-corrected chi connectivity index (χ2v) is 13.0. The molecule has 2 aromatic heterocycles. The molecule has 224 valence electrons. The monoisotopic (exact) mass is 577 g/mol. The third kappa shape index (κ3) is 5.29. The molecule has 0 radical (unpaired) electrons. The molecular formula is C33H41F2N5O2. The first kappa shape index (κ1) is 27.7. The number of aromatic hydroxyl groups is 1. The minimum atomic E-state index is -0.856. The Kier molecular flexibility index (Phi) is 7.63. The molecule has 6 bridgehead atoms. The van der Waals surface area contributed by atoms with Crippen molar-refractivity contribution in [3.8, 4) is 23.0 Å². The van der Waals surface area contributed by atoms with Crippen LogP contribution in [-0.2, 0) is 6.42 Å². The number of alkyl halides is 1. The zero-order valence-electron chi connectivity index (χ0n) is 24.3. The lowest BCUT2D eigenvalue weighted by molar-refractivity contribution is 0.107. The van der Waals surface area contributed by atoms with Gasteiger partial charge in [0.2, 0.25) is 0 Å². The average Bonchev–Trinajstić information content (AvgIpc) is 3.51. The van der Waals surface area contributed by atoms with Crippen LogP contribution in [0.15, 0.2) is 24.4 Å². The summed E-state index contributed by atoms with van der Waals surface area (Å²) in [6.45, 7) is 3.31. The van der Waals surface area contributed by atoms with E-state index < -0.39 is 12.0 Å². The van der Waals surface area contributed by atoms with Gasteiger partial charge in [-0.25, -0.2) is 8.78 Å². The number of benzene rings is 1. The van der Waals surface area contributed by atoms with Crippen molar-refractivity contribution in [1.29, 1.82) is 0 Å². The number of anilines is 1. The number of piperidine rings is 1. The lowest BCUT2D eigenvalue weighted by Crippen LogP contribution is -2.43. The SMILES string of the molecule is Oc1ccc2c(c1)-c1ncc3c(nc(OCC45CCCN4CC(F)C5)nc3c1F)N1CCCC(CCCCCCC2)C1. The van der Waals surface area contributed by atoms with Gasteiger partial charge >= 0.3 is 6.01 Å². The van der Waals surface area contributed by atoms with E-state index in [2.05, 4.69) is 19.8 Å². The molecule has 1 N–H and O–H groups in total. The van der Waals surface area contributed by atoms with Gasteiger partial charge in [0.05, 0.1) is 10.9 Å². The molecule has 0 saturated carbocycles. The molecule has 7 heterocycles. The maximum absolute atomic E-state index is 16.6. The van der Waals surface area contributed by atoms with Crippen molar-refractivity contribution in [1.82, 2.24) is 19.9 Å². The average molecular weight is 578 g/mol. The van der Waals surface area contributed by atoms with Gasteiger partial charge in [-0.05, 0) is 75.1 Å². The highest BCUT2D eigenvalue weighted by Crippen LogP contribution is 2.41. The quantitative estimate of drug-likeness (QED) is 0.376. The van der Waals surface area contributed by atoms with Crippen molar-refractivity contribution in [3.63, 3.8) is 0 Å². The van der Waals surface area contributed by atoms with Gasteiger partial charge in [-0.15, -0.1) is 0 Å². The van der Waals surface area contributed by atoms with Gasteiger partial charge in [0.25, 0.3) is 0 Å². The van der Waals surface area contributed by atoms with Crippen LogP contribution in [0.25, 0.3) is 22.2 Å². The number of fused-ring (bicyclic) bond motifs is 8. The van der Waals surface area contributed by atoms with E-state index in [1.54, 1.807) is 18.3 Å². The number of phenols is 1. The molecule has 7 nitrogen and oxygen atoms in total. The number of hydrogen-bond acceptors (Lipinski definition) is 7. The number of ether oxygens (including phenoxy) is 1. The van der Waals surface area contributed by atoms with E-state index >= 15 is 4.39 Å². The van der Waals surface area contributed by atoms with Crippen LogP contribution >= 0.6 is 0 Å². The lowest BCUT2D eigenvalue weighted by atomic mass is 9.92. The van der Waals surface area contributed by atoms with Gasteiger partial charge < -0.3 is 14.7 Å². The number of nitrogens with zero attached hydrogens (tertiary/aromatic N) is 5. The summed E-state index contributed by atoms with van der Waals surface area (Å²) in [6.07, 6.45) is 13.2. The van der Waals surface area contributed by atoms with Crippen molar-refractivity contribution in [2.24, 2.45) is 5.92 Å². The van der Waals surface area contributed by atoms with Gasteiger partial charge in [0, 0.05) is 37.8 Å². The van der Waals surface area contributed by atoms with Crippen molar-refractivity contribution in [3.05, 3.63) is 35.8 Å². The molecule has 42 heavy (non-hydrogen) atoms. The Balaban J connectivity index is 1.32. The van der Waals surface area contributed by atoms with Crippen LogP contribution in [0.1, 0.15) is 76.2 Å². The summed E-state index contributed by atoms with van der Waals surface area (Å²) in [5.41, 5.74) is 1.58. The van der Waals surface area contributed by atoms with Crippen LogP contribution in [0, 0.1) is 11.7 Å². The van der Waals surface area contributed by atoms with E-state index in [4.69, 9.17) is 9.72 Å². The van der Waals surface area contributed by atoms with Crippen LogP contribution < -0.4 is 9.64 Å². The Morgan fingerprint density at radius 1 is 1.00 bits per heavy atom. The number of halogens is 2. The summed E-state index contributed by atoms with van der Waals surface area (Å²) in [6, 6.07) is 5.28. The Bertz CT molecular complexity index is 1450. The topological polar surface area (TPSA) is 74.6 Å². The third-order valence-corrected chi connectivity index (χ3v) is 10.1. The summed E-state index contributed by atoms with van der Waals surface area (Å²) in [5.74, 6) is 0.777. The molecule has 5 aliphatic rings. The van der Waals surface area contributed by atoms with Gasteiger partial charge in [-0.3, -0.25) is 9.88 Å². The van der Waals surface area contributed by atoms with E-state index in [1.807, 2.05) is 6.07 Å². The maximum Gasteiger partial charge on any atom is 0.319 e. The highest BCUT2D eigenvalue weighted by atomic mass is 19.1. The predicted octanol–water partition coefficient (Wildman–Crippen LogP) is 6.60. The number of aromatic nitrogens is 3. The molecule has 0 spiro atoms. The molecule has 0 amide bonds. The highest BCUT2D eigenvalue weighted by Gasteiger charge is 2.49. The van der Waals surface area contributed by atoms with Crippen LogP contribution in [0.3, 0.4) is 0 Å². The molecule has 1 aromatic carbocycles. The van der Waals surface area contributed by atoms with Crippen molar-refractivity contribution in [2.45, 2.75) is 88.8 Å². The summed E-state index contributed by atoms with van der Waals surface area (Å²) >= 11 is 0. The third-order valence-electron chi connectivity index (χ3n) is 10.1. The van der Waals surface area contributed by atoms with E-state index in [9.17, 15) is 9.50 Å². The Morgan fingerprint density at radius 2 is 1.86 bits per heavy atom. The summed E-state index contributed by atoms with van der Waals surface area (Å²) in [4.78, 5) is 18.6. The number of rotatable bonds is 3. The first-order valence-corrected chi connectivity index (χ1v) is 15.9. The van der Waals surface area contributed by atoms with Gasteiger partial charge in [0.1, 0.15) is 35.6 Å². The van der Waals surface area contributed by atoms with Crippen LogP contribution in [0.2, 0.25) is 0 Å². The second-order valence-electron chi connectivity index (χ2n) is 13.0. The molecule has 3 atom stereocenters. The van der Waals surface area contributed by atoms with Crippen LogP contribution in [0.4, 0.5) is 14.6 Å².